The van der Waals surface area contributed by atoms with Gasteiger partial charge in [0.2, 0.25) is 16.2 Å². The molecule has 2 aromatic heterocycles. The average Bonchev–Trinajstić information content (AvgIpc) is 3.33. The minimum atomic E-state index is -0.0184. The molecule has 6 nitrogen and oxygen atoms in total. The number of carbonyl (C=O) groups is 1. The highest BCUT2D eigenvalue weighted by Crippen LogP contribution is 2.29. The molecular formula is C22H27N5OS. The number of hydrogen-bond donors (Lipinski definition) is 1. The van der Waals surface area contributed by atoms with Crippen LogP contribution in [0.25, 0.3) is 5.13 Å². The van der Waals surface area contributed by atoms with Crippen molar-refractivity contribution in [2.24, 2.45) is 5.92 Å². The monoisotopic (exact) mass is 409 g/mol. The number of benzene rings is 1. The third kappa shape index (κ3) is 4.19. The van der Waals surface area contributed by atoms with E-state index in [0.717, 1.165) is 41.0 Å². The highest BCUT2D eigenvalue weighted by Gasteiger charge is 2.28. The number of hydrogen-bond acceptors (Lipinski definition) is 5. The van der Waals surface area contributed by atoms with E-state index < -0.39 is 0 Å². The molecule has 152 valence electrons. The predicted molar refractivity (Wildman–Crippen MR) is 117 cm³/mol. The Hall–Kier alpha value is -2.67. The summed E-state index contributed by atoms with van der Waals surface area (Å²) in [4.78, 5) is 15.0. The fraction of sp³-hybridized carbons (Fsp3) is 0.409. The number of anilines is 1. The lowest BCUT2D eigenvalue weighted by Gasteiger charge is -2.31. The third-order valence-electron chi connectivity index (χ3n) is 5.64. The normalized spacial score (nSPS) is 16.8. The molecule has 3 heterocycles. The summed E-state index contributed by atoms with van der Waals surface area (Å²) < 4.78 is 2.12. The lowest BCUT2D eigenvalue weighted by atomic mass is 9.97. The van der Waals surface area contributed by atoms with Crippen LogP contribution in [0.4, 0.5) is 5.13 Å². The molecule has 29 heavy (non-hydrogen) atoms. The van der Waals surface area contributed by atoms with Gasteiger partial charge in [-0.15, -0.1) is 10.2 Å². The van der Waals surface area contributed by atoms with E-state index in [9.17, 15) is 4.79 Å². The van der Waals surface area contributed by atoms with Crippen molar-refractivity contribution in [1.29, 1.82) is 0 Å². The second-order valence-electron chi connectivity index (χ2n) is 7.75. The lowest BCUT2D eigenvalue weighted by molar-refractivity contribution is -0.125. The van der Waals surface area contributed by atoms with Crippen molar-refractivity contribution in [3.8, 4) is 5.13 Å². The van der Waals surface area contributed by atoms with Crippen LogP contribution in [0.2, 0.25) is 0 Å². The van der Waals surface area contributed by atoms with Crippen LogP contribution in [0.1, 0.15) is 35.4 Å². The summed E-state index contributed by atoms with van der Waals surface area (Å²) in [5, 5.41) is 13.7. The van der Waals surface area contributed by atoms with Crippen LogP contribution < -0.4 is 10.2 Å². The van der Waals surface area contributed by atoms with Gasteiger partial charge in [0.1, 0.15) is 0 Å². The summed E-state index contributed by atoms with van der Waals surface area (Å²) >= 11 is 1.59. The van der Waals surface area contributed by atoms with Crippen molar-refractivity contribution in [1.82, 2.24) is 20.1 Å². The smallest absolute Gasteiger partial charge is 0.225 e. The van der Waals surface area contributed by atoms with Gasteiger partial charge in [0.05, 0.1) is 5.92 Å². The van der Waals surface area contributed by atoms with Crippen LogP contribution in [0.5, 0.6) is 0 Å². The van der Waals surface area contributed by atoms with Crippen molar-refractivity contribution >= 4 is 22.4 Å². The first-order valence-electron chi connectivity index (χ1n) is 10.1. The van der Waals surface area contributed by atoms with Crippen LogP contribution in [0, 0.1) is 26.7 Å². The molecule has 0 spiro atoms. The summed E-state index contributed by atoms with van der Waals surface area (Å²) in [5.74, 6) is 0.106. The minimum Gasteiger partial charge on any atom is -0.352 e. The molecule has 1 saturated heterocycles. The Labute approximate surface area is 175 Å². The zero-order chi connectivity index (χ0) is 20.4. The predicted octanol–water partition coefficient (Wildman–Crippen LogP) is 3.79. The van der Waals surface area contributed by atoms with Gasteiger partial charge >= 0.3 is 0 Å². The van der Waals surface area contributed by atoms with Crippen molar-refractivity contribution in [3.05, 3.63) is 58.9 Å². The quantitative estimate of drug-likeness (QED) is 0.696. The van der Waals surface area contributed by atoms with Crippen molar-refractivity contribution in [3.63, 3.8) is 0 Å². The Balaban J connectivity index is 1.41. The standard InChI is InChI=1S/C22H27N5OS/c1-15-7-4-5-8-18(15)13-23-20(28)19-9-6-12-26(14-19)21-24-25-22(29-21)27-16(2)10-11-17(27)3/h4-5,7-8,10-11,19H,6,9,12-14H2,1-3H3,(H,23,28)/t19-/m1/s1. The number of aromatic nitrogens is 3. The van der Waals surface area contributed by atoms with Gasteiger partial charge in [-0.1, -0.05) is 35.6 Å². The van der Waals surface area contributed by atoms with Crippen LogP contribution in [0.15, 0.2) is 36.4 Å². The second kappa shape index (κ2) is 8.37. The molecule has 0 bridgehead atoms. The van der Waals surface area contributed by atoms with Crippen molar-refractivity contribution < 1.29 is 4.79 Å². The molecule has 1 N–H and O–H groups in total. The van der Waals surface area contributed by atoms with Gasteiger partial charge in [-0.3, -0.25) is 9.36 Å². The fourth-order valence-corrected chi connectivity index (χ4v) is 4.90. The fourth-order valence-electron chi connectivity index (χ4n) is 3.90. The molecule has 1 amide bonds. The van der Waals surface area contributed by atoms with E-state index in [0.29, 0.717) is 13.1 Å². The Morgan fingerprint density at radius 3 is 2.59 bits per heavy atom. The molecule has 0 saturated carbocycles. The van der Waals surface area contributed by atoms with Gasteiger partial charge in [0.15, 0.2) is 0 Å². The molecule has 1 atom stereocenters. The van der Waals surface area contributed by atoms with Gasteiger partial charge < -0.3 is 10.2 Å². The summed E-state index contributed by atoms with van der Waals surface area (Å²) in [5.41, 5.74) is 4.67. The highest BCUT2D eigenvalue weighted by atomic mass is 32.1. The number of amides is 1. The van der Waals surface area contributed by atoms with Gasteiger partial charge in [0.25, 0.3) is 0 Å². The van der Waals surface area contributed by atoms with E-state index in [4.69, 9.17) is 0 Å². The van der Waals surface area contributed by atoms with E-state index >= 15 is 0 Å². The first-order valence-corrected chi connectivity index (χ1v) is 10.9. The van der Waals surface area contributed by atoms with E-state index in [-0.39, 0.29) is 11.8 Å². The maximum absolute atomic E-state index is 12.8. The molecule has 0 aliphatic carbocycles. The van der Waals surface area contributed by atoms with E-state index in [1.54, 1.807) is 11.3 Å². The summed E-state index contributed by atoms with van der Waals surface area (Å²) in [6.07, 6.45) is 1.90. The number of nitrogens with one attached hydrogen (secondary N) is 1. The zero-order valence-electron chi connectivity index (χ0n) is 17.2. The molecular weight excluding hydrogens is 382 g/mol. The Morgan fingerprint density at radius 1 is 1.10 bits per heavy atom. The Morgan fingerprint density at radius 2 is 1.83 bits per heavy atom. The van der Waals surface area contributed by atoms with Crippen LogP contribution in [-0.4, -0.2) is 33.8 Å². The number of piperidine rings is 1. The lowest BCUT2D eigenvalue weighted by Crippen LogP contribution is -2.43. The summed E-state index contributed by atoms with van der Waals surface area (Å²) in [6, 6.07) is 12.4. The summed E-state index contributed by atoms with van der Waals surface area (Å²) in [7, 11) is 0. The molecule has 7 heteroatoms. The van der Waals surface area contributed by atoms with E-state index in [2.05, 4.69) is 70.0 Å². The zero-order valence-corrected chi connectivity index (χ0v) is 18.0. The van der Waals surface area contributed by atoms with Crippen LogP contribution in [-0.2, 0) is 11.3 Å². The molecule has 0 unspecified atom stereocenters. The topological polar surface area (TPSA) is 63.1 Å². The largest absolute Gasteiger partial charge is 0.352 e. The molecule has 4 rings (SSSR count). The van der Waals surface area contributed by atoms with E-state index in [1.165, 1.54) is 11.1 Å². The first kappa shape index (κ1) is 19.6. The third-order valence-corrected chi connectivity index (χ3v) is 6.61. The van der Waals surface area contributed by atoms with Gasteiger partial charge in [0, 0.05) is 31.0 Å². The Kier molecular flexibility index (Phi) is 5.67. The number of nitrogens with zero attached hydrogens (tertiary/aromatic N) is 4. The Bertz CT molecular complexity index is 989. The van der Waals surface area contributed by atoms with Crippen LogP contribution >= 0.6 is 11.3 Å². The molecule has 1 fully saturated rings. The molecule has 1 aliphatic rings. The summed E-state index contributed by atoms with van der Waals surface area (Å²) in [6.45, 7) is 8.41. The van der Waals surface area contributed by atoms with Crippen LogP contribution in [0.3, 0.4) is 0 Å². The second-order valence-corrected chi connectivity index (χ2v) is 8.68. The minimum absolute atomic E-state index is 0.0184. The highest BCUT2D eigenvalue weighted by molar-refractivity contribution is 7.17. The maximum atomic E-state index is 12.8. The number of aryl methyl sites for hydroxylation is 3. The number of rotatable bonds is 5. The maximum Gasteiger partial charge on any atom is 0.225 e. The van der Waals surface area contributed by atoms with Gasteiger partial charge in [-0.2, -0.15) is 0 Å². The average molecular weight is 410 g/mol. The number of carbonyl (C=O) groups excluding carboxylic acids is 1. The molecule has 3 aromatic rings. The van der Waals surface area contributed by atoms with Gasteiger partial charge in [-0.25, -0.2) is 0 Å². The molecule has 1 aromatic carbocycles. The van der Waals surface area contributed by atoms with E-state index in [1.807, 2.05) is 12.1 Å². The molecule has 0 radical (unpaired) electrons. The first-order chi connectivity index (χ1) is 14.0. The van der Waals surface area contributed by atoms with Crippen molar-refractivity contribution in [2.75, 3.05) is 18.0 Å². The molecule has 1 aliphatic heterocycles. The SMILES string of the molecule is Cc1ccccc1CNC(=O)[C@@H]1CCCN(c2nnc(-n3c(C)ccc3C)s2)C1. The van der Waals surface area contributed by atoms with Gasteiger partial charge in [-0.05, 0) is 56.9 Å². The van der Waals surface area contributed by atoms with Crippen molar-refractivity contribution in [2.45, 2.75) is 40.2 Å².